The van der Waals surface area contributed by atoms with Crippen LogP contribution < -0.4 is 0 Å². The second-order valence-electron chi connectivity index (χ2n) is 8.78. The standard InChI is InChI=1S/C26H22F4N4O/c27-20-6-7-22-21(13-20)18(14-33-22)8-11-34(15-16-4-5-16)25(35)24-23(31-9-10-32-24)17-2-1-3-19(12-17)26(28,29)30/h1-3,6-7,9-10,12-14,16,33H,4-5,8,11,15H2. The third-order valence-corrected chi connectivity index (χ3v) is 6.21. The van der Waals surface area contributed by atoms with Crippen LogP contribution in [-0.2, 0) is 12.6 Å². The lowest BCUT2D eigenvalue weighted by atomic mass is 10.0. The van der Waals surface area contributed by atoms with Crippen LogP contribution in [0.25, 0.3) is 22.2 Å². The van der Waals surface area contributed by atoms with Gasteiger partial charge in [0.05, 0.1) is 5.56 Å². The number of carbonyl (C=O) groups excluding carboxylic acids is 1. The maximum Gasteiger partial charge on any atom is 0.416 e. The van der Waals surface area contributed by atoms with Crippen molar-refractivity contribution in [2.45, 2.75) is 25.4 Å². The van der Waals surface area contributed by atoms with Gasteiger partial charge in [-0.2, -0.15) is 13.2 Å². The maximum atomic E-state index is 13.8. The van der Waals surface area contributed by atoms with Crippen molar-refractivity contribution in [3.05, 3.63) is 83.7 Å². The summed E-state index contributed by atoms with van der Waals surface area (Å²) in [7, 11) is 0. The van der Waals surface area contributed by atoms with E-state index in [9.17, 15) is 22.4 Å². The van der Waals surface area contributed by atoms with E-state index in [1.54, 1.807) is 17.2 Å². The molecule has 9 heteroatoms. The zero-order valence-electron chi connectivity index (χ0n) is 18.6. The molecule has 2 heterocycles. The minimum atomic E-state index is -4.51. The van der Waals surface area contributed by atoms with Crippen molar-refractivity contribution in [2.24, 2.45) is 5.92 Å². The normalized spacial score (nSPS) is 13.8. The van der Waals surface area contributed by atoms with E-state index in [-0.39, 0.29) is 28.7 Å². The molecular weight excluding hydrogens is 460 g/mol. The van der Waals surface area contributed by atoms with Gasteiger partial charge in [-0.1, -0.05) is 12.1 Å². The molecule has 180 valence electrons. The number of hydrogen-bond acceptors (Lipinski definition) is 3. The maximum absolute atomic E-state index is 13.8. The van der Waals surface area contributed by atoms with Gasteiger partial charge in [0.2, 0.25) is 0 Å². The highest BCUT2D eigenvalue weighted by Crippen LogP contribution is 2.33. The number of H-pyrrole nitrogens is 1. The highest BCUT2D eigenvalue weighted by Gasteiger charge is 2.32. The van der Waals surface area contributed by atoms with Crippen LogP contribution in [0, 0.1) is 11.7 Å². The SMILES string of the molecule is O=C(c1nccnc1-c1cccc(C(F)(F)F)c1)N(CCc1c[nH]c2ccc(F)cc12)CC1CC1. The van der Waals surface area contributed by atoms with E-state index in [1.165, 1.54) is 36.7 Å². The first-order valence-electron chi connectivity index (χ1n) is 11.3. The van der Waals surface area contributed by atoms with Crippen molar-refractivity contribution < 1.29 is 22.4 Å². The summed E-state index contributed by atoms with van der Waals surface area (Å²) in [6.07, 6.45) is 2.53. The Morgan fingerprint density at radius 2 is 1.89 bits per heavy atom. The lowest BCUT2D eigenvalue weighted by Gasteiger charge is -2.23. The van der Waals surface area contributed by atoms with E-state index in [1.807, 2.05) is 0 Å². The van der Waals surface area contributed by atoms with Gasteiger partial charge < -0.3 is 9.88 Å². The van der Waals surface area contributed by atoms with Crippen LogP contribution in [0.2, 0.25) is 0 Å². The van der Waals surface area contributed by atoms with Crippen LogP contribution in [0.1, 0.15) is 34.5 Å². The topological polar surface area (TPSA) is 61.9 Å². The second kappa shape index (κ2) is 9.13. The molecule has 0 aliphatic heterocycles. The Bertz CT molecular complexity index is 1380. The summed E-state index contributed by atoms with van der Waals surface area (Å²) in [5.41, 5.74) is 1.17. The molecule has 5 nitrogen and oxygen atoms in total. The van der Waals surface area contributed by atoms with Gasteiger partial charge in [-0.05, 0) is 61.1 Å². The molecule has 0 bridgehead atoms. The second-order valence-corrected chi connectivity index (χ2v) is 8.78. The molecule has 1 amide bonds. The molecule has 1 aliphatic rings. The highest BCUT2D eigenvalue weighted by molar-refractivity contribution is 5.98. The molecule has 0 saturated heterocycles. The molecule has 5 rings (SSSR count). The van der Waals surface area contributed by atoms with E-state index in [0.29, 0.717) is 25.4 Å². The molecule has 2 aromatic heterocycles. The first-order valence-corrected chi connectivity index (χ1v) is 11.3. The summed E-state index contributed by atoms with van der Waals surface area (Å²) < 4.78 is 53.5. The van der Waals surface area contributed by atoms with Crippen molar-refractivity contribution in [2.75, 3.05) is 13.1 Å². The van der Waals surface area contributed by atoms with Crippen molar-refractivity contribution in [3.63, 3.8) is 0 Å². The molecule has 0 unspecified atom stereocenters. The summed E-state index contributed by atoms with van der Waals surface area (Å²) in [6.45, 7) is 0.881. The molecular formula is C26H22F4N4O. The van der Waals surface area contributed by atoms with Gasteiger partial charge in [-0.15, -0.1) is 0 Å². The summed E-state index contributed by atoms with van der Waals surface area (Å²) in [5.74, 6) is -0.342. The third kappa shape index (κ3) is 5.03. The molecule has 35 heavy (non-hydrogen) atoms. The van der Waals surface area contributed by atoms with Crippen molar-refractivity contribution in [1.29, 1.82) is 0 Å². The van der Waals surface area contributed by atoms with Crippen LogP contribution in [-0.4, -0.2) is 38.8 Å². The van der Waals surface area contributed by atoms with Crippen LogP contribution >= 0.6 is 0 Å². The average Bonchev–Trinajstić information content (AvgIpc) is 3.59. The Labute approximate surface area is 198 Å². The largest absolute Gasteiger partial charge is 0.416 e. The molecule has 4 aromatic rings. The first-order chi connectivity index (χ1) is 16.8. The minimum Gasteiger partial charge on any atom is -0.361 e. The van der Waals surface area contributed by atoms with Gasteiger partial charge in [-0.3, -0.25) is 9.78 Å². The number of nitrogens with one attached hydrogen (secondary N) is 1. The van der Waals surface area contributed by atoms with Crippen molar-refractivity contribution in [1.82, 2.24) is 19.9 Å². The smallest absolute Gasteiger partial charge is 0.361 e. The van der Waals surface area contributed by atoms with Crippen LogP contribution in [0.5, 0.6) is 0 Å². The Morgan fingerprint density at radius 1 is 1.09 bits per heavy atom. The summed E-state index contributed by atoms with van der Waals surface area (Å²) in [4.78, 5) is 26.8. The summed E-state index contributed by atoms with van der Waals surface area (Å²) in [6, 6.07) is 9.25. The van der Waals surface area contributed by atoms with Gasteiger partial charge >= 0.3 is 6.18 Å². The fourth-order valence-corrected chi connectivity index (χ4v) is 4.20. The fraction of sp³-hybridized carbons (Fsp3) is 0.269. The first kappa shape index (κ1) is 23.0. The molecule has 1 fully saturated rings. The molecule has 1 saturated carbocycles. The average molecular weight is 482 g/mol. The monoisotopic (exact) mass is 482 g/mol. The van der Waals surface area contributed by atoms with E-state index in [0.717, 1.165) is 41.4 Å². The van der Waals surface area contributed by atoms with E-state index >= 15 is 0 Å². The molecule has 0 atom stereocenters. The third-order valence-electron chi connectivity index (χ3n) is 6.21. The number of fused-ring (bicyclic) bond motifs is 1. The number of aromatic amines is 1. The van der Waals surface area contributed by atoms with Gasteiger partial charge in [0.1, 0.15) is 11.5 Å². The minimum absolute atomic E-state index is 0.0115. The highest BCUT2D eigenvalue weighted by atomic mass is 19.4. The Morgan fingerprint density at radius 3 is 2.66 bits per heavy atom. The zero-order chi connectivity index (χ0) is 24.6. The number of nitrogens with zero attached hydrogens (tertiary/aromatic N) is 3. The van der Waals surface area contributed by atoms with E-state index in [4.69, 9.17) is 0 Å². The predicted octanol–water partition coefficient (Wildman–Crippen LogP) is 5.88. The molecule has 0 spiro atoms. The number of benzene rings is 2. The van der Waals surface area contributed by atoms with Gasteiger partial charge in [0.15, 0.2) is 5.69 Å². The van der Waals surface area contributed by atoms with E-state index < -0.39 is 11.7 Å². The molecule has 1 aliphatic carbocycles. The zero-order valence-corrected chi connectivity index (χ0v) is 18.6. The molecule has 2 aromatic carbocycles. The number of aromatic nitrogens is 3. The number of halogens is 4. The number of alkyl halides is 3. The van der Waals surface area contributed by atoms with Gasteiger partial charge in [-0.25, -0.2) is 9.37 Å². The summed E-state index contributed by atoms with van der Waals surface area (Å²) in [5, 5.41) is 0.757. The Kier molecular flexibility index (Phi) is 6.00. The number of rotatable bonds is 7. The van der Waals surface area contributed by atoms with Crippen molar-refractivity contribution in [3.8, 4) is 11.3 Å². The molecule has 0 radical (unpaired) electrons. The van der Waals surface area contributed by atoms with Gasteiger partial charge in [0.25, 0.3) is 5.91 Å². The Balaban J connectivity index is 1.43. The van der Waals surface area contributed by atoms with Crippen LogP contribution in [0.3, 0.4) is 0 Å². The van der Waals surface area contributed by atoms with Crippen LogP contribution in [0.15, 0.2) is 61.1 Å². The van der Waals surface area contributed by atoms with E-state index in [2.05, 4.69) is 15.0 Å². The number of amides is 1. The fourth-order valence-electron chi connectivity index (χ4n) is 4.20. The summed E-state index contributed by atoms with van der Waals surface area (Å²) >= 11 is 0. The Hall–Kier alpha value is -3.75. The lowest BCUT2D eigenvalue weighted by Crippen LogP contribution is -2.35. The lowest BCUT2D eigenvalue weighted by molar-refractivity contribution is -0.137. The van der Waals surface area contributed by atoms with Gasteiger partial charge in [0, 0.05) is 48.1 Å². The molecule has 1 N–H and O–H groups in total. The van der Waals surface area contributed by atoms with Crippen molar-refractivity contribution >= 4 is 16.8 Å². The quantitative estimate of drug-likeness (QED) is 0.335. The van der Waals surface area contributed by atoms with Crippen LogP contribution in [0.4, 0.5) is 17.6 Å². The predicted molar refractivity (Wildman–Crippen MR) is 123 cm³/mol. The number of carbonyl (C=O) groups is 1. The number of hydrogen-bond donors (Lipinski definition) is 1.